The predicted octanol–water partition coefficient (Wildman–Crippen LogP) is 3.42. The number of hydrogen-bond donors (Lipinski definition) is 1. The topological polar surface area (TPSA) is 43.4 Å². The van der Waals surface area contributed by atoms with E-state index in [1.54, 1.807) is 20.4 Å². The molecule has 1 N–H and O–H groups in total. The normalized spacial score (nSPS) is 10.3. The molecule has 0 saturated heterocycles. The molecule has 2 aromatic rings. The number of aromatic nitrogens is 1. The summed E-state index contributed by atoms with van der Waals surface area (Å²) < 4.78 is 10.6. The molecular formula is C14H15ClN2O2. The second-order valence-corrected chi connectivity index (χ2v) is 4.49. The van der Waals surface area contributed by atoms with Crippen LogP contribution in [0.2, 0.25) is 0 Å². The SMILES string of the molecule is C=C(Cl)CNc1nccc2cc(OC)c(OC)cc12. The maximum Gasteiger partial charge on any atom is 0.161 e. The van der Waals surface area contributed by atoms with Crippen LogP contribution in [0, 0.1) is 0 Å². The van der Waals surface area contributed by atoms with Crippen LogP contribution in [-0.4, -0.2) is 25.7 Å². The molecule has 19 heavy (non-hydrogen) atoms. The maximum absolute atomic E-state index is 5.76. The van der Waals surface area contributed by atoms with E-state index in [1.165, 1.54) is 0 Å². The van der Waals surface area contributed by atoms with Crippen LogP contribution >= 0.6 is 11.6 Å². The van der Waals surface area contributed by atoms with Gasteiger partial charge in [0, 0.05) is 16.6 Å². The summed E-state index contributed by atoms with van der Waals surface area (Å²) in [6, 6.07) is 5.72. The summed E-state index contributed by atoms with van der Waals surface area (Å²) in [6.45, 7) is 4.10. The van der Waals surface area contributed by atoms with E-state index in [4.69, 9.17) is 21.1 Å². The standard InChI is InChI=1S/C14H15ClN2O2/c1-9(15)8-17-14-11-7-13(19-3)12(18-2)6-10(11)4-5-16-14/h4-7H,1,8H2,2-3H3,(H,16,17). The largest absolute Gasteiger partial charge is 0.493 e. The van der Waals surface area contributed by atoms with Gasteiger partial charge >= 0.3 is 0 Å². The molecular weight excluding hydrogens is 264 g/mol. The Morgan fingerprint density at radius 3 is 2.63 bits per heavy atom. The number of nitrogens with one attached hydrogen (secondary N) is 1. The highest BCUT2D eigenvalue weighted by Gasteiger charge is 2.09. The second-order valence-electron chi connectivity index (χ2n) is 3.96. The van der Waals surface area contributed by atoms with Crippen molar-refractivity contribution in [3.05, 3.63) is 36.0 Å². The van der Waals surface area contributed by atoms with Gasteiger partial charge in [-0.25, -0.2) is 4.98 Å². The summed E-state index contributed by atoms with van der Waals surface area (Å²) in [6.07, 6.45) is 1.73. The van der Waals surface area contributed by atoms with E-state index in [0.717, 1.165) is 16.6 Å². The molecule has 0 unspecified atom stereocenters. The van der Waals surface area contributed by atoms with Crippen LogP contribution < -0.4 is 14.8 Å². The Kier molecular flexibility index (Phi) is 4.12. The zero-order valence-electron chi connectivity index (χ0n) is 10.9. The average molecular weight is 279 g/mol. The number of hydrogen-bond acceptors (Lipinski definition) is 4. The Bertz CT molecular complexity index is 614. The van der Waals surface area contributed by atoms with Gasteiger partial charge in [-0.2, -0.15) is 0 Å². The van der Waals surface area contributed by atoms with Crippen LogP contribution in [0.1, 0.15) is 0 Å². The Morgan fingerprint density at radius 2 is 2.00 bits per heavy atom. The molecule has 1 aromatic carbocycles. The van der Waals surface area contributed by atoms with Crippen molar-refractivity contribution in [1.29, 1.82) is 0 Å². The summed E-state index contributed by atoms with van der Waals surface area (Å²) in [4.78, 5) is 4.30. The van der Waals surface area contributed by atoms with Gasteiger partial charge < -0.3 is 14.8 Å². The molecule has 0 saturated carbocycles. The lowest BCUT2D eigenvalue weighted by Crippen LogP contribution is -2.03. The highest BCUT2D eigenvalue weighted by Crippen LogP contribution is 2.34. The molecule has 0 atom stereocenters. The van der Waals surface area contributed by atoms with Crippen molar-refractivity contribution >= 4 is 28.2 Å². The van der Waals surface area contributed by atoms with Crippen LogP contribution in [0.5, 0.6) is 11.5 Å². The molecule has 1 aromatic heterocycles. The van der Waals surface area contributed by atoms with Crippen molar-refractivity contribution in [1.82, 2.24) is 4.98 Å². The summed E-state index contributed by atoms with van der Waals surface area (Å²) in [7, 11) is 3.22. The van der Waals surface area contributed by atoms with Gasteiger partial charge in [0.1, 0.15) is 5.82 Å². The highest BCUT2D eigenvalue weighted by molar-refractivity contribution is 6.29. The summed E-state index contributed by atoms with van der Waals surface area (Å²) in [5.41, 5.74) is 0. The van der Waals surface area contributed by atoms with Crippen molar-refractivity contribution in [2.75, 3.05) is 26.1 Å². The lowest BCUT2D eigenvalue weighted by atomic mass is 10.1. The number of ether oxygens (including phenoxy) is 2. The highest BCUT2D eigenvalue weighted by atomic mass is 35.5. The lowest BCUT2D eigenvalue weighted by molar-refractivity contribution is 0.356. The zero-order chi connectivity index (χ0) is 13.8. The third-order valence-corrected chi connectivity index (χ3v) is 2.85. The molecule has 1 heterocycles. The van der Waals surface area contributed by atoms with Crippen LogP contribution in [-0.2, 0) is 0 Å². The van der Waals surface area contributed by atoms with Crippen LogP contribution in [0.4, 0.5) is 5.82 Å². The molecule has 0 aliphatic carbocycles. The number of fused-ring (bicyclic) bond motifs is 1. The number of anilines is 1. The van der Waals surface area contributed by atoms with Gasteiger partial charge in [0.15, 0.2) is 11.5 Å². The second kappa shape index (κ2) is 5.80. The number of benzene rings is 1. The smallest absolute Gasteiger partial charge is 0.161 e. The molecule has 0 fully saturated rings. The lowest BCUT2D eigenvalue weighted by Gasteiger charge is -2.12. The Labute approximate surface area is 117 Å². The van der Waals surface area contributed by atoms with Gasteiger partial charge in [0.2, 0.25) is 0 Å². The predicted molar refractivity (Wildman–Crippen MR) is 78.3 cm³/mol. The van der Waals surface area contributed by atoms with E-state index in [-0.39, 0.29) is 0 Å². The third-order valence-electron chi connectivity index (χ3n) is 2.72. The van der Waals surface area contributed by atoms with E-state index >= 15 is 0 Å². The molecule has 0 radical (unpaired) electrons. The quantitative estimate of drug-likeness (QED) is 0.910. The Balaban J connectivity index is 2.51. The minimum Gasteiger partial charge on any atom is -0.493 e. The molecule has 0 amide bonds. The maximum atomic E-state index is 5.76. The van der Waals surface area contributed by atoms with Gasteiger partial charge in [-0.3, -0.25) is 0 Å². The third kappa shape index (κ3) is 2.90. The summed E-state index contributed by atoms with van der Waals surface area (Å²) in [5.74, 6) is 2.09. The van der Waals surface area contributed by atoms with Crippen molar-refractivity contribution < 1.29 is 9.47 Å². The first kappa shape index (κ1) is 13.5. The number of rotatable bonds is 5. The monoisotopic (exact) mass is 278 g/mol. The summed E-state index contributed by atoms with van der Waals surface area (Å²) >= 11 is 5.76. The molecule has 100 valence electrons. The van der Waals surface area contributed by atoms with Gasteiger partial charge in [0.25, 0.3) is 0 Å². The van der Waals surface area contributed by atoms with Gasteiger partial charge in [0.05, 0.1) is 20.8 Å². The Hall–Kier alpha value is -1.94. The fourth-order valence-electron chi connectivity index (χ4n) is 1.82. The minimum atomic E-state index is 0.460. The van der Waals surface area contributed by atoms with E-state index in [9.17, 15) is 0 Å². The van der Waals surface area contributed by atoms with E-state index in [1.807, 2.05) is 18.2 Å². The minimum absolute atomic E-state index is 0.460. The van der Waals surface area contributed by atoms with Crippen molar-refractivity contribution in [3.8, 4) is 11.5 Å². The molecule has 0 bridgehead atoms. The first-order chi connectivity index (χ1) is 9.15. The van der Waals surface area contributed by atoms with Gasteiger partial charge in [-0.1, -0.05) is 18.2 Å². The fraction of sp³-hybridized carbons (Fsp3) is 0.214. The van der Waals surface area contributed by atoms with E-state index in [2.05, 4.69) is 16.9 Å². The number of nitrogens with zero attached hydrogens (tertiary/aromatic N) is 1. The Morgan fingerprint density at radius 1 is 1.32 bits per heavy atom. The summed E-state index contributed by atoms with van der Waals surface area (Å²) in [5, 5.41) is 5.62. The van der Waals surface area contributed by atoms with Crippen molar-refractivity contribution in [2.24, 2.45) is 0 Å². The fourth-order valence-corrected chi connectivity index (χ4v) is 1.89. The molecule has 0 spiro atoms. The number of halogens is 1. The van der Waals surface area contributed by atoms with Crippen LogP contribution in [0.25, 0.3) is 10.8 Å². The first-order valence-corrected chi connectivity index (χ1v) is 6.11. The van der Waals surface area contributed by atoms with E-state index in [0.29, 0.717) is 23.1 Å². The molecule has 0 aliphatic heterocycles. The molecule has 0 aliphatic rings. The van der Waals surface area contributed by atoms with Crippen molar-refractivity contribution in [3.63, 3.8) is 0 Å². The number of pyridine rings is 1. The zero-order valence-corrected chi connectivity index (χ0v) is 11.6. The number of methoxy groups -OCH3 is 2. The van der Waals surface area contributed by atoms with Crippen LogP contribution in [0.3, 0.4) is 0 Å². The molecule has 5 heteroatoms. The van der Waals surface area contributed by atoms with Crippen molar-refractivity contribution in [2.45, 2.75) is 0 Å². The molecule has 4 nitrogen and oxygen atoms in total. The van der Waals surface area contributed by atoms with Gasteiger partial charge in [-0.05, 0) is 23.6 Å². The van der Waals surface area contributed by atoms with E-state index < -0.39 is 0 Å². The van der Waals surface area contributed by atoms with Gasteiger partial charge in [-0.15, -0.1) is 0 Å². The first-order valence-electron chi connectivity index (χ1n) is 5.73. The average Bonchev–Trinajstić information content (AvgIpc) is 2.43. The van der Waals surface area contributed by atoms with Crippen LogP contribution in [0.15, 0.2) is 36.0 Å². The molecule has 2 rings (SSSR count).